The van der Waals surface area contributed by atoms with Crippen LogP contribution < -0.4 is 9.47 Å². The molecule has 0 bridgehead atoms. The third kappa shape index (κ3) is 7.39. The fourth-order valence-corrected chi connectivity index (χ4v) is 3.68. The van der Waals surface area contributed by atoms with Gasteiger partial charge in [-0.2, -0.15) is 0 Å². The van der Waals surface area contributed by atoms with Gasteiger partial charge in [0.15, 0.2) is 11.6 Å². The normalized spacial score (nSPS) is 25.0. The van der Waals surface area contributed by atoms with E-state index in [9.17, 15) is 0 Å². The zero-order chi connectivity index (χ0) is 21.8. The van der Waals surface area contributed by atoms with Crippen LogP contribution in [0.4, 0.5) is 0 Å². The van der Waals surface area contributed by atoms with E-state index < -0.39 is 11.6 Å². The first-order chi connectivity index (χ1) is 14.1. The first-order valence-corrected chi connectivity index (χ1v) is 10.8. The van der Waals surface area contributed by atoms with Crippen LogP contribution in [-0.4, -0.2) is 69.2 Å². The highest BCUT2D eigenvalue weighted by atomic mass is 16.7. The summed E-state index contributed by atoms with van der Waals surface area (Å²) in [5.41, 5.74) is 1.15. The Hall–Kier alpha value is -1.38. The minimum atomic E-state index is -0.499. The molecule has 7 heteroatoms. The molecule has 0 radical (unpaired) electrons. The number of rotatable bonds is 10. The van der Waals surface area contributed by atoms with E-state index in [-0.39, 0.29) is 12.2 Å². The van der Waals surface area contributed by atoms with E-state index >= 15 is 0 Å². The number of hydrogen-bond donors (Lipinski definition) is 0. The Balaban J connectivity index is 1.52. The molecule has 2 aliphatic heterocycles. The van der Waals surface area contributed by atoms with Crippen molar-refractivity contribution >= 4 is 0 Å². The molecule has 2 atom stereocenters. The molecule has 1 aromatic rings. The van der Waals surface area contributed by atoms with Gasteiger partial charge in [0.05, 0.1) is 38.6 Å². The Bertz CT molecular complexity index is 640. The Morgan fingerprint density at radius 3 is 1.67 bits per heavy atom. The summed E-state index contributed by atoms with van der Waals surface area (Å²) in [4.78, 5) is 2.13. The van der Waals surface area contributed by atoms with Crippen molar-refractivity contribution < 1.29 is 28.4 Å². The predicted molar refractivity (Wildman–Crippen MR) is 114 cm³/mol. The molecular weight excluding hydrogens is 386 g/mol. The first kappa shape index (κ1) is 23.3. The molecule has 0 spiro atoms. The minimum absolute atomic E-state index is 0.0681. The van der Waals surface area contributed by atoms with E-state index in [4.69, 9.17) is 28.4 Å². The van der Waals surface area contributed by atoms with Crippen LogP contribution in [0, 0.1) is 0 Å². The largest absolute Gasteiger partial charge is 0.493 e. The van der Waals surface area contributed by atoms with Gasteiger partial charge in [0.25, 0.3) is 0 Å². The van der Waals surface area contributed by atoms with Crippen molar-refractivity contribution in [3.63, 3.8) is 0 Å². The van der Waals surface area contributed by atoms with Crippen LogP contribution in [0.1, 0.15) is 46.1 Å². The van der Waals surface area contributed by atoms with Gasteiger partial charge in [-0.1, -0.05) is 0 Å². The van der Waals surface area contributed by atoms with Gasteiger partial charge < -0.3 is 33.3 Å². The molecule has 1 aromatic carbocycles. The fraction of sp³-hybridized carbons (Fsp3) is 0.739. The van der Waals surface area contributed by atoms with Gasteiger partial charge >= 0.3 is 0 Å². The van der Waals surface area contributed by atoms with Gasteiger partial charge in [-0.3, -0.25) is 0 Å². The van der Waals surface area contributed by atoms with Crippen molar-refractivity contribution in [2.24, 2.45) is 0 Å². The average Bonchev–Trinajstić information content (AvgIpc) is 3.15. The van der Waals surface area contributed by atoms with Crippen LogP contribution in [0.15, 0.2) is 18.2 Å². The molecule has 2 saturated heterocycles. The van der Waals surface area contributed by atoms with Gasteiger partial charge in [0, 0.05) is 25.5 Å². The highest BCUT2D eigenvalue weighted by molar-refractivity contribution is 5.38. The fourth-order valence-electron chi connectivity index (χ4n) is 3.68. The monoisotopic (exact) mass is 423 g/mol. The molecular formula is C23H37NO6. The van der Waals surface area contributed by atoms with Crippen LogP contribution in [0.3, 0.4) is 0 Å². The minimum Gasteiger partial charge on any atom is -0.493 e. The highest BCUT2D eigenvalue weighted by Gasteiger charge is 2.33. The molecule has 2 aliphatic rings. The maximum atomic E-state index is 6.03. The van der Waals surface area contributed by atoms with Gasteiger partial charge in [0.1, 0.15) is 11.5 Å². The third-order valence-electron chi connectivity index (χ3n) is 4.99. The van der Waals surface area contributed by atoms with Gasteiger partial charge in [-0.25, -0.2) is 0 Å². The van der Waals surface area contributed by atoms with Crippen molar-refractivity contribution in [1.29, 1.82) is 0 Å². The molecule has 170 valence electrons. The molecule has 30 heavy (non-hydrogen) atoms. The van der Waals surface area contributed by atoms with E-state index in [0.717, 1.165) is 36.4 Å². The third-order valence-corrected chi connectivity index (χ3v) is 4.99. The van der Waals surface area contributed by atoms with Crippen LogP contribution in [0.2, 0.25) is 0 Å². The lowest BCUT2D eigenvalue weighted by Gasteiger charge is -2.18. The van der Waals surface area contributed by atoms with Gasteiger partial charge in [0.2, 0.25) is 0 Å². The van der Waals surface area contributed by atoms with Crippen molar-refractivity contribution in [3.8, 4) is 11.5 Å². The van der Waals surface area contributed by atoms with Crippen molar-refractivity contribution in [2.75, 3.05) is 40.5 Å². The number of ether oxygens (including phenoxy) is 6. The molecule has 2 heterocycles. The van der Waals surface area contributed by atoms with Crippen LogP contribution in [-0.2, 0) is 25.5 Å². The van der Waals surface area contributed by atoms with Crippen molar-refractivity contribution in [3.05, 3.63) is 23.8 Å². The average molecular weight is 424 g/mol. The topological polar surface area (TPSA) is 58.6 Å². The first-order valence-electron chi connectivity index (χ1n) is 10.8. The summed E-state index contributed by atoms with van der Waals surface area (Å²) in [5.74, 6) is 0.620. The Labute approximate surface area is 180 Å². The second kappa shape index (κ2) is 9.83. The zero-order valence-corrected chi connectivity index (χ0v) is 19.2. The van der Waals surface area contributed by atoms with E-state index in [1.807, 2.05) is 47.9 Å². The molecule has 0 amide bonds. The lowest BCUT2D eigenvalue weighted by molar-refractivity contribution is -0.140. The molecule has 2 fully saturated rings. The Morgan fingerprint density at radius 2 is 1.30 bits per heavy atom. The van der Waals surface area contributed by atoms with Gasteiger partial charge in [-0.05, 0) is 59.5 Å². The highest BCUT2D eigenvalue weighted by Crippen LogP contribution is 2.28. The van der Waals surface area contributed by atoms with E-state index in [1.165, 1.54) is 0 Å². The summed E-state index contributed by atoms with van der Waals surface area (Å²) in [6, 6.07) is 6.09. The second-order valence-corrected chi connectivity index (χ2v) is 9.23. The number of hydrogen-bond acceptors (Lipinski definition) is 7. The van der Waals surface area contributed by atoms with E-state index in [1.54, 1.807) is 0 Å². The van der Waals surface area contributed by atoms with Crippen molar-refractivity contribution in [1.82, 2.24) is 4.90 Å². The standard InChI is InChI=1S/C23H37NO6/c1-22(2)27-15-18(29-22)7-9-25-20-11-17(14-24(5)6)12-21(13-20)26-10-8-19-16-28-23(3,4)30-19/h11-13,18-19H,7-10,14-16H2,1-6H3. The van der Waals surface area contributed by atoms with Crippen LogP contribution >= 0.6 is 0 Å². The molecule has 0 aliphatic carbocycles. The summed E-state index contributed by atoms with van der Waals surface area (Å²) < 4.78 is 35.0. The summed E-state index contributed by atoms with van der Waals surface area (Å²) in [7, 11) is 4.10. The number of benzene rings is 1. The lowest BCUT2D eigenvalue weighted by Crippen LogP contribution is -2.22. The lowest BCUT2D eigenvalue weighted by atomic mass is 10.2. The summed E-state index contributed by atoms with van der Waals surface area (Å²) in [6.45, 7) is 10.9. The van der Waals surface area contributed by atoms with Crippen LogP contribution in [0.5, 0.6) is 11.5 Å². The smallest absolute Gasteiger partial charge is 0.163 e. The summed E-state index contributed by atoms with van der Waals surface area (Å²) >= 11 is 0. The van der Waals surface area contributed by atoms with E-state index in [0.29, 0.717) is 26.4 Å². The molecule has 3 rings (SSSR count). The summed E-state index contributed by atoms with van der Waals surface area (Å²) in [5, 5.41) is 0. The predicted octanol–water partition coefficient (Wildman–Crippen LogP) is 3.59. The Morgan fingerprint density at radius 1 is 0.833 bits per heavy atom. The molecule has 7 nitrogen and oxygen atoms in total. The SMILES string of the molecule is CN(C)Cc1cc(OCCC2COC(C)(C)O2)cc(OCCC2COC(C)(C)O2)c1. The molecule has 2 unspecified atom stereocenters. The van der Waals surface area contributed by atoms with Crippen LogP contribution in [0.25, 0.3) is 0 Å². The summed E-state index contributed by atoms with van der Waals surface area (Å²) in [6.07, 6.45) is 1.70. The van der Waals surface area contributed by atoms with Crippen molar-refractivity contribution in [2.45, 2.75) is 70.9 Å². The quantitative estimate of drug-likeness (QED) is 0.570. The maximum absolute atomic E-state index is 6.03. The second-order valence-electron chi connectivity index (χ2n) is 9.23. The Kier molecular flexibility index (Phi) is 7.63. The van der Waals surface area contributed by atoms with E-state index in [2.05, 4.69) is 17.0 Å². The van der Waals surface area contributed by atoms with Gasteiger partial charge in [-0.15, -0.1) is 0 Å². The maximum Gasteiger partial charge on any atom is 0.163 e. The zero-order valence-electron chi connectivity index (χ0n) is 19.2. The number of nitrogens with zero attached hydrogens (tertiary/aromatic N) is 1. The molecule has 0 N–H and O–H groups in total. The molecule has 0 saturated carbocycles. The molecule has 0 aromatic heterocycles.